The number of hydrogen-bond donors (Lipinski definition) is 4. The fourth-order valence-electron chi connectivity index (χ4n) is 4.01. The molecule has 2 aromatic carbocycles. The third-order valence-electron chi connectivity index (χ3n) is 5.99. The normalized spacial score (nSPS) is 13.8. The molecule has 0 bridgehead atoms. The number of nitrogens with one attached hydrogen (secondary N) is 2. The third-order valence-corrected chi connectivity index (χ3v) is 7.37. The molecule has 0 radical (unpaired) electrons. The molecular formula is C24H36N6O7S. The average Bonchev–Trinajstić information content (AvgIpc) is 2.87. The van der Waals surface area contributed by atoms with Gasteiger partial charge in [-0.2, -0.15) is 0 Å². The van der Waals surface area contributed by atoms with Crippen molar-refractivity contribution in [2.45, 2.75) is 12.1 Å². The van der Waals surface area contributed by atoms with E-state index in [-0.39, 0.29) is 72.6 Å². The van der Waals surface area contributed by atoms with Gasteiger partial charge >= 0.3 is 0 Å². The molecular weight excluding hydrogens is 516 g/mol. The number of benzene rings is 2. The average molecular weight is 553 g/mol. The molecule has 0 heterocycles. The number of aliphatic hydroxyl groups is 2. The first kappa shape index (κ1) is 31.1. The van der Waals surface area contributed by atoms with Gasteiger partial charge in [0.25, 0.3) is 11.4 Å². The molecule has 0 aliphatic carbocycles. The molecule has 4 N–H and O–H groups in total. The molecule has 13 nitrogen and oxygen atoms in total. The van der Waals surface area contributed by atoms with Crippen LogP contribution in [0, 0.1) is 20.2 Å². The van der Waals surface area contributed by atoms with Crippen molar-refractivity contribution in [3.05, 3.63) is 67.8 Å². The molecule has 0 aromatic heterocycles. The fraction of sp³-hybridized carbons (Fsp3) is 0.500. The predicted octanol–water partition coefficient (Wildman–Crippen LogP) is 1.97. The summed E-state index contributed by atoms with van der Waals surface area (Å²) in [6.07, 6.45) is 0. The summed E-state index contributed by atoms with van der Waals surface area (Å²) in [4.78, 5) is 25.6. The van der Waals surface area contributed by atoms with Gasteiger partial charge in [0.1, 0.15) is 11.4 Å². The van der Waals surface area contributed by atoms with Crippen molar-refractivity contribution in [1.29, 1.82) is 0 Å². The van der Waals surface area contributed by atoms with Gasteiger partial charge < -0.3 is 30.6 Å². The van der Waals surface area contributed by atoms with E-state index in [2.05, 4.69) is 10.6 Å². The Morgan fingerprint density at radius 1 is 0.789 bits per heavy atom. The Kier molecular flexibility index (Phi) is 12.0. The zero-order chi connectivity index (χ0) is 28.4. The molecule has 0 spiro atoms. The van der Waals surface area contributed by atoms with Crippen LogP contribution in [0.2, 0.25) is 0 Å². The second kappa shape index (κ2) is 14.7. The van der Waals surface area contributed by atoms with Crippen LogP contribution in [0.25, 0.3) is 0 Å². The van der Waals surface area contributed by atoms with Gasteiger partial charge in [0.2, 0.25) is 0 Å². The van der Waals surface area contributed by atoms with Crippen molar-refractivity contribution in [1.82, 2.24) is 9.80 Å². The highest BCUT2D eigenvalue weighted by molar-refractivity contribution is 7.85. The van der Waals surface area contributed by atoms with Crippen LogP contribution in [0.4, 0.5) is 22.7 Å². The number of rotatable bonds is 16. The summed E-state index contributed by atoms with van der Waals surface area (Å²) >= 11 is 0. The maximum Gasteiger partial charge on any atom is 0.292 e. The Balaban J connectivity index is 2.31. The first-order valence-electron chi connectivity index (χ1n) is 11.9. The largest absolute Gasteiger partial charge is 0.395 e. The summed E-state index contributed by atoms with van der Waals surface area (Å²) in [5.41, 5.74) is 1.80. The van der Waals surface area contributed by atoms with Crippen molar-refractivity contribution >= 4 is 33.5 Å². The first-order valence-corrected chi connectivity index (χ1v) is 13.4. The van der Waals surface area contributed by atoms with E-state index in [1.165, 1.54) is 12.1 Å². The van der Waals surface area contributed by atoms with E-state index >= 15 is 0 Å². The molecule has 2 rings (SSSR count). The molecule has 38 heavy (non-hydrogen) atoms. The fourth-order valence-corrected chi connectivity index (χ4v) is 5.83. The Bertz CT molecular complexity index is 1050. The zero-order valence-corrected chi connectivity index (χ0v) is 22.8. The Hall–Kier alpha value is -3.17. The number of anilines is 2. The number of nitrogens with zero attached hydrogens (tertiary/aromatic N) is 4. The number of nitro benzene ring substituents is 2. The van der Waals surface area contributed by atoms with E-state index in [9.17, 15) is 24.4 Å². The van der Waals surface area contributed by atoms with Crippen LogP contribution in [-0.4, -0.2) is 100 Å². The molecule has 210 valence electrons. The second-order valence-corrected chi connectivity index (χ2v) is 10.6. The van der Waals surface area contributed by atoms with Crippen molar-refractivity contribution in [2.75, 3.05) is 76.6 Å². The Labute approximate surface area is 224 Å². The number of aliphatic hydroxyl groups excluding tert-OH is 2. The van der Waals surface area contributed by atoms with Crippen LogP contribution < -0.4 is 10.6 Å². The van der Waals surface area contributed by atoms with Gasteiger partial charge in [0.15, 0.2) is 0 Å². The zero-order valence-electron chi connectivity index (χ0n) is 22.0. The van der Waals surface area contributed by atoms with Crippen molar-refractivity contribution in [2.24, 2.45) is 0 Å². The summed E-state index contributed by atoms with van der Waals surface area (Å²) in [7, 11) is 6.00. The summed E-state index contributed by atoms with van der Waals surface area (Å²) in [6, 6.07) is 8.75. The molecule has 0 aliphatic rings. The monoisotopic (exact) mass is 552 g/mol. The molecule has 14 heteroatoms. The van der Waals surface area contributed by atoms with Crippen molar-refractivity contribution < 1.29 is 24.3 Å². The lowest BCUT2D eigenvalue weighted by Crippen LogP contribution is -2.30. The summed E-state index contributed by atoms with van der Waals surface area (Å²) in [6.45, 7) is -0.0713. The van der Waals surface area contributed by atoms with E-state index in [1.807, 2.05) is 38.0 Å². The van der Waals surface area contributed by atoms with E-state index < -0.39 is 20.6 Å². The van der Waals surface area contributed by atoms with Crippen LogP contribution in [0.1, 0.15) is 23.2 Å². The molecule has 0 amide bonds. The summed E-state index contributed by atoms with van der Waals surface area (Å²) < 4.78 is 13.4. The maximum atomic E-state index is 13.4. The quantitative estimate of drug-likeness (QED) is 0.177. The Morgan fingerprint density at radius 3 is 1.45 bits per heavy atom. The van der Waals surface area contributed by atoms with Crippen molar-refractivity contribution in [3.63, 3.8) is 0 Å². The van der Waals surface area contributed by atoms with Crippen LogP contribution in [0.5, 0.6) is 0 Å². The highest BCUT2D eigenvalue weighted by atomic mass is 32.2. The SMILES string of the molecule is CN(C)C(CS(=O)CC(c1ccc([N+](=O)[O-])c(NCCO)c1)N(C)C)c1ccc([N+](=O)[O-])c(NCCO)c1. The predicted molar refractivity (Wildman–Crippen MR) is 148 cm³/mol. The topological polar surface area (TPSA) is 174 Å². The van der Waals surface area contributed by atoms with Gasteiger partial charge in [0, 0.05) is 59.6 Å². The lowest BCUT2D eigenvalue weighted by atomic mass is 10.1. The van der Waals surface area contributed by atoms with Crippen LogP contribution in [0.15, 0.2) is 36.4 Å². The molecule has 2 aromatic rings. The summed E-state index contributed by atoms with van der Waals surface area (Å²) in [5, 5.41) is 46.9. The van der Waals surface area contributed by atoms with Gasteiger partial charge in [-0.1, -0.05) is 12.1 Å². The number of hydrogen-bond acceptors (Lipinski definition) is 11. The van der Waals surface area contributed by atoms with Gasteiger partial charge in [0.05, 0.1) is 23.1 Å². The molecule has 2 atom stereocenters. The Morgan fingerprint density at radius 2 is 1.16 bits per heavy atom. The molecule has 0 fully saturated rings. The highest BCUT2D eigenvalue weighted by Crippen LogP contribution is 2.32. The molecule has 2 unspecified atom stereocenters. The van der Waals surface area contributed by atoms with Crippen LogP contribution in [0.3, 0.4) is 0 Å². The van der Waals surface area contributed by atoms with Crippen LogP contribution >= 0.6 is 0 Å². The van der Waals surface area contributed by atoms with Crippen molar-refractivity contribution in [3.8, 4) is 0 Å². The van der Waals surface area contributed by atoms with Gasteiger partial charge in [-0.15, -0.1) is 0 Å². The number of nitro groups is 2. The smallest absolute Gasteiger partial charge is 0.292 e. The molecule has 0 aliphatic heterocycles. The van der Waals surface area contributed by atoms with Gasteiger partial charge in [-0.25, -0.2) is 0 Å². The first-order chi connectivity index (χ1) is 18.0. The third kappa shape index (κ3) is 8.43. The van der Waals surface area contributed by atoms with E-state index in [1.54, 1.807) is 24.3 Å². The molecule has 0 saturated carbocycles. The lowest BCUT2D eigenvalue weighted by Gasteiger charge is -2.28. The second-order valence-electron chi connectivity index (χ2n) is 9.10. The van der Waals surface area contributed by atoms with Gasteiger partial charge in [-0.05, 0) is 51.5 Å². The standard InChI is InChI=1S/C24H36N6O7S/c1-27(2)23(17-5-7-21(29(33)34)19(13-17)25-9-11-31)15-38(37)16-24(28(3)4)18-6-8-22(30(35)36)20(14-18)26-10-12-32/h5-8,13-14,23-26,31-32H,9-12,15-16H2,1-4H3. The highest BCUT2D eigenvalue weighted by Gasteiger charge is 2.26. The lowest BCUT2D eigenvalue weighted by molar-refractivity contribution is -0.384. The minimum absolute atomic E-state index is 0.114. The van der Waals surface area contributed by atoms with E-state index in [0.29, 0.717) is 0 Å². The van der Waals surface area contributed by atoms with E-state index in [0.717, 1.165) is 11.1 Å². The minimum atomic E-state index is -1.35. The minimum Gasteiger partial charge on any atom is -0.395 e. The maximum absolute atomic E-state index is 13.4. The van der Waals surface area contributed by atoms with Gasteiger partial charge in [-0.3, -0.25) is 24.4 Å². The molecule has 0 saturated heterocycles. The summed E-state index contributed by atoms with van der Waals surface area (Å²) in [5.74, 6) is 0.494. The van der Waals surface area contributed by atoms with E-state index in [4.69, 9.17) is 10.2 Å². The van der Waals surface area contributed by atoms with Crippen LogP contribution in [-0.2, 0) is 10.8 Å².